The fraction of sp³-hybridized carbons (Fsp3) is 0.190. The van der Waals surface area contributed by atoms with Gasteiger partial charge >= 0.3 is 6.03 Å². The monoisotopic (exact) mass is 408 g/mol. The molecular formula is C21H20N4O3S. The molecule has 0 unspecified atom stereocenters. The first-order valence-electron chi connectivity index (χ1n) is 9.34. The highest BCUT2D eigenvalue weighted by molar-refractivity contribution is 7.09. The molecular weight excluding hydrogens is 388 g/mol. The Bertz CT molecular complexity index is 1130. The highest BCUT2D eigenvalue weighted by Gasteiger charge is 2.33. The first kappa shape index (κ1) is 18.9. The Hall–Kier alpha value is -3.39. The topological polar surface area (TPSA) is 87.2 Å². The molecule has 0 atom stereocenters. The van der Waals surface area contributed by atoms with Crippen molar-refractivity contribution in [3.8, 4) is 5.69 Å². The molecule has 4 rings (SSSR count). The summed E-state index contributed by atoms with van der Waals surface area (Å²) in [6, 6.07) is 12.7. The van der Waals surface area contributed by atoms with Crippen molar-refractivity contribution in [2.24, 2.45) is 0 Å². The number of benzene rings is 1. The maximum absolute atomic E-state index is 13.2. The second-order valence-electron chi connectivity index (χ2n) is 6.68. The average molecular weight is 408 g/mol. The third-order valence-corrected chi connectivity index (χ3v) is 5.53. The minimum Gasteiger partial charge on any atom is -0.303 e. The molecule has 7 nitrogen and oxygen atoms in total. The van der Waals surface area contributed by atoms with Gasteiger partial charge in [0.15, 0.2) is 0 Å². The van der Waals surface area contributed by atoms with Crippen molar-refractivity contribution in [2.75, 3.05) is 6.54 Å². The lowest BCUT2D eigenvalue weighted by Crippen LogP contribution is -2.31. The summed E-state index contributed by atoms with van der Waals surface area (Å²) in [6.07, 6.45) is 2.67. The summed E-state index contributed by atoms with van der Waals surface area (Å²) in [5.74, 6) is -0.411. The van der Waals surface area contributed by atoms with Crippen molar-refractivity contribution in [2.45, 2.75) is 19.8 Å². The molecule has 2 aromatic heterocycles. The number of carbonyl (C=O) groups excluding carboxylic acids is 2. The molecule has 3 aromatic rings. The zero-order chi connectivity index (χ0) is 20.4. The molecule has 1 aliphatic heterocycles. The minimum absolute atomic E-state index is 0.118. The number of urea groups is 1. The van der Waals surface area contributed by atoms with Gasteiger partial charge in [0.25, 0.3) is 11.5 Å². The Labute approximate surface area is 171 Å². The van der Waals surface area contributed by atoms with Crippen molar-refractivity contribution >= 4 is 29.4 Å². The van der Waals surface area contributed by atoms with Crippen LogP contribution in [0, 0.1) is 0 Å². The molecule has 8 heteroatoms. The number of hydrogen-bond donors (Lipinski definition) is 2. The fourth-order valence-corrected chi connectivity index (χ4v) is 3.98. The number of nitrogens with zero attached hydrogens (tertiary/aromatic N) is 2. The maximum Gasteiger partial charge on any atom is 0.329 e. The van der Waals surface area contributed by atoms with Crippen LogP contribution in [0.4, 0.5) is 4.79 Å². The van der Waals surface area contributed by atoms with E-state index in [9.17, 15) is 14.4 Å². The van der Waals surface area contributed by atoms with E-state index < -0.39 is 11.9 Å². The smallest absolute Gasteiger partial charge is 0.303 e. The van der Waals surface area contributed by atoms with Crippen LogP contribution in [0.15, 0.2) is 58.3 Å². The molecule has 3 heterocycles. The molecule has 0 saturated carbocycles. The largest absolute Gasteiger partial charge is 0.329 e. The van der Waals surface area contributed by atoms with Gasteiger partial charge in [-0.15, -0.1) is 11.3 Å². The van der Waals surface area contributed by atoms with Gasteiger partial charge in [0, 0.05) is 17.8 Å². The predicted molar refractivity (Wildman–Crippen MR) is 112 cm³/mol. The molecule has 0 aliphatic carbocycles. The number of nitrogens with one attached hydrogen (secondary N) is 2. The molecule has 0 radical (unpaired) electrons. The number of H-pyrrole nitrogens is 1. The van der Waals surface area contributed by atoms with E-state index in [-0.39, 0.29) is 11.3 Å². The summed E-state index contributed by atoms with van der Waals surface area (Å²) < 4.78 is 1.46. The van der Waals surface area contributed by atoms with Crippen LogP contribution in [0.3, 0.4) is 0 Å². The maximum atomic E-state index is 13.2. The second kappa shape index (κ2) is 7.92. The number of imide groups is 1. The summed E-state index contributed by atoms with van der Waals surface area (Å²) in [6.45, 7) is 2.23. The highest BCUT2D eigenvalue weighted by Crippen LogP contribution is 2.20. The molecule has 0 bridgehead atoms. The normalized spacial score (nSPS) is 15.3. The zero-order valence-corrected chi connectivity index (χ0v) is 16.7. The van der Waals surface area contributed by atoms with Crippen LogP contribution in [0.25, 0.3) is 11.8 Å². The molecule has 1 fully saturated rings. The van der Waals surface area contributed by atoms with Crippen molar-refractivity contribution < 1.29 is 9.59 Å². The van der Waals surface area contributed by atoms with Gasteiger partial charge in [-0.25, -0.2) is 9.48 Å². The van der Waals surface area contributed by atoms with Gasteiger partial charge in [0.2, 0.25) is 0 Å². The molecule has 1 saturated heterocycles. The van der Waals surface area contributed by atoms with Crippen LogP contribution in [-0.4, -0.2) is 33.2 Å². The van der Waals surface area contributed by atoms with Crippen LogP contribution in [0.5, 0.6) is 0 Å². The average Bonchev–Trinajstić information content (AvgIpc) is 3.41. The van der Waals surface area contributed by atoms with Gasteiger partial charge in [0.1, 0.15) is 5.70 Å². The standard InChI is InChI=1S/C21H20N4O3S/c1-2-10-24-20(27)18(22-21(24)28)13-16-17(12-15-9-6-11-29-15)23-25(19(16)26)14-7-4-3-5-8-14/h3-9,11,13,23H,2,10,12H2,1H3,(H,22,28). The lowest BCUT2D eigenvalue weighted by atomic mass is 10.1. The number of aromatic amines is 1. The number of thiophene rings is 1. The van der Waals surface area contributed by atoms with E-state index in [4.69, 9.17) is 0 Å². The Kier molecular flexibility index (Phi) is 5.18. The number of aromatic nitrogens is 2. The van der Waals surface area contributed by atoms with Crippen molar-refractivity contribution in [1.82, 2.24) is 20.0 Å². The summed E-state index contributed by atoms with van der Waals surface area (Å²) >= 11 is 1.59. The molecule has 1 aliphatic rings. The first-order chi connectivity index (χ1) is 14.1. The summed E-state index contributed by atoms with van der Waals surface area (Å²) in [7, 11) is 0. The van der Waals surface area contributed by atoms with Crippen LogP contribution < -0.4 is 10.9 Å². The van der Waals surface area contributed by atoms with Crippen molar-refractivity contribution in [3.05, 3.63) is 80.0 Å². The highest BCUT2D eigenvalue weighted by atomic mass is 32.1. The lowest BCUT2D eigenvalue weighted by Gasteiger charge is -2.08. The third-order valence-electron chi connectivity index (χ3n) is 4.65. The van der Waals surface area contributed by atoms with E-state index in [1.54, 1.807) is 11.3 Å². The summed E-state index contributed by atoms with van der Waals surface area (Å²) in [5.41, 5.74) is 1.59. The molecule has 29 heavy (non-hydrogen) atoms. The van der Waals surface area contributed by atoms with E-state index in [1.165, 1.54) is 10.8 Å². The zero-order valence-electron chi connectivity index (χ0n) is 15.8. The van der Waals surface area contributed by atoms with E-state index >= 15 is 0 Å². The van der Waals surface area contributed by atoms with Crippen LogP contribution >= 0.6 is 11.3 Å². The second-order valence-corrected chi connectivity index (χ2v) is 7.71. The van der Waals surface area contributed by atoms with E-state index in [1.807, 2.05) is 54.8 Å². The number of rotatable bonds is 6. The first-order valence-corrected chi connectivity index (χ1v) is 10.2. The molecule has 3 amide bonds. The van der Waals surface area contributed by atoms with Gasteiger partial charge in [0.05, 0.1) is 16.9 Å². The fourth-order valence-electron chi connectivity index (χ4n) is 3.27. The van der Waals surface area contributed by atoms with Gasteiger partial charge in [-0.2, -0.15) is 0 Å². The van der Waals surface area contributed by atoms with Crippen LogP contribution in [0.2, 0.25) is 0 Å². The van der Waals surface area contributed by atoms with Crippen molar-refractivity contribution in [3.63, 3.8) is 0 Å². The third kappa shape index (κ3) is 3.66. The van der Waals surface area contributed by atoms with Gasteiger partial charge < -0.3 is 5.32 Å². The molecule has 2 N–H and O–H groups in total. The van der Waals surface area contributed by atoms with Gasteiger partial charge in [-0.05, 0) is 36.1 Å². The predicted octanol–water partition coefficient (Wildman–Crippen LogP) is 3.12. The molecule has 1 aromatic carbocycles. The van der Waals surface area contributed by atoms with Gasteiger partial charge in [-0.3, -0.25) is 19.6 Å². The molecule has 0 spiro atoms. The Morgan fingerprint density at radius 2 is 1.86 bits per heavy atom. The van der Waals surface area contributed by atoms with Gasteiger partial charge in [-0.1, -0.05) is 31.2 Å². The van der Waals surface area contributed by atoms with E-state index in [2.05, 4.69) is 10.4 Å². The van der Waals surface area contributed by atoms with Crippen molar-refractivity contribution in [1.29, 1.82) is 0 Å². The number of carbonyl (C=O) groups is 2. The Morgan fingerprint density at radius 1 is 1.07 bits per heavy atom. The SMILES string of the molecule is CCCN1C(=O)NC(=Cc2c(Cc3cccs3)[nH]n(-c3ccccc3)c2=O)C1=O. The quantitative estimate of drug-likeness (QED) is 0.485. The summed E-state index contributed by atoms with van der Waals surface area (Å²) in [4.78, 5) is 40.1. The number of amides is 3. The van der Waals surface area contributed by atoms with Crippen LogP contribution in [0.1, 0.15) is 29.5 Å². The molecule has 148 valence electrons. The lowest BCUT2D eigenvalue weighted by molar-refractivity contribution is -0.122. The van der Waals surface area contributed by atoms with E-state index in [0.717, 1.165) is 9.78 Å². The van der Waals surface area contributed by atoms with Crippen LogP contribution in [-0.2, 0) is 11.2 Å². The Morgan fingerprint density at radius 3 is 2.55 bits per heavy atom. The van der Waals surface area contributed by atoms with E-state index in [0.29, 0.717) is 36.3 Å². The minimum atomic E-state index is -0.457. The number of hydrogen-bond acceptors (Lipinski definition) is 4. The summed E-state index contributed by atoms with van der Waals surface area (Å²) in [5, 5.41) is 7.73. The number of para-hydroxylation sites is 1. The Balaban J connectivity index is 1.79.